The van der Waals surface area contributed by atoms with E-state index in [0.29, 0.717) is 11.1 Å². The third-order valence-corrected chi connectivity index (χ3v) is 2.49. The van der Waals surface area contributed by atoms with E-state index >= 15 is 0 Å². The molecule has 15 heavy (non-hydrogen) atoms. The first-order valence-corrected chi connectivity index (χ1v) is 5.82. The molecule has 0 amide bonds. The number of hydrogen-bond donors (Lipinski definition) is 0. The zero-order valence-corrected chi connectivity index (χ0v) is 10.5. The van der Waals surface area contributed by atoms with Crippen molar-refractivity contribution in [1.29, 1.82) is 0 Å². The molecule has 0 saturated heterocycles. The molecule has 0 N–H and O–H groups in total. The van der Waals surface area contributed by atoms with Crippen LogP contribution in [0.1, 0.15) is 26.3 Å². The molecule has 0 atom stereocenters. The van der Waals surface area contributed by atoms with Crippen LogP contribution in [0.25, 0.3) is 0 Å². The molecule has 2 nitrogen and oxygen atoms in total. The summed E-state index contributed by atoms with van der Waals surface area (Å²) in [5.41, 5.74) is 1.22. The van der Waals surface area contributed by atoms with Crippen LogP contribution >= 0.6 is 11.6 Å². The Labute approximate surface area is 97.3 Å². The van der Waals surface area contributed by atoms with Gasteiger partial charge in [-0.15, -0.1) is 0 Å². The van der Waals surface area contributed by atoms with E-state index in [1.165, 1.54) is 5.56 Å². The minimum Gasteiger partial charge on any atom is -0.299 e. The number of nitrogens with zero attached hydrogens (tertiary/aromatic N) is 2. The molecule has 0 spiro atoms. The zero-order valence-electron chi connectivity index (χ0n) is 9.70. The van der Waals surface area contributed by atoms with E-state index in [4.69, 9.17) is 11.6 Å². The molecule has 1 heterocycles. The highest BCUT2D eigenvalue weighted by molar-refractivity contribution is 6.29. The van der Waals surface area contributed by atoms with Gasteiger partial charge in [-0.2, -0.15) is 0 Å². The van der Waals surface area contributed by atoms with Crippen LogP contribution in [0.2, 0.25) is 5.15 Å². The van der Waals surface area contributed by atoms with Crippen molar-refractivity contribution in [2.75, 3.05) is 13.1 Å². The lowest BCUT2D eigenvalue weighted by Crippen LogP contribution is -2.27. The SMILES string of the molecule is CCN(Cc1ccc(Cl)nc1)CC(C)C. The van der Waals surface area contributed by atoms with E-state index in [2.05, 4.69) is 30.7 Å². The first-order valence-electron chi connectivity index (χ1n) is 5.44. The molecule has 0 aliphatic carbocycles. The number of halogens is 1. The van der Waals surface area contributed by atoms with E-state index in [1.54, 1.807) is 0 Å². The van der Waals surface area contributed by atoms with Crippen LogP contribution in [0.15, 0.2) is 18.3 Å². The average Bonchev–Trinajstić information content (AvgIpc) is 2.19. The van der Waals surface area contributed by atoms with Gasteiger partial charge in [0.1, 0.15) is 5.15 Å². The van der Waals surface area contributed by atoms with Crippen molar-refractivity contribution in [3.05, 3.63) is 29.0 Å². The Bertz CT molecular complexity index is 282. The minimum atomic E-state index is 0.561. The fourth-order valence-corrected chi connectivity index (χ4v) is 1.69. The molecule has 0 aromatic carbocycles. The van der Waals surface area contributed by atoms with Gasteiger partial charge >= 0.3 is 0 Å². The Morgan fingerprint density at radius 1 is 1.40 bits per heavy atom. The lowest BCUT2D eigenvalue weighted by Gasteiger charge is -2.22. The van der Waals surface area contributed by atoms with Gasteiger partial charge in [0.2, 0.25) is 0 Å². The fourth-order valence-electron chi connectivity index (χ4n) is 1.58. The van der Waals surface area contributed by atoms with Crippen molar-refractivity contribution in [3.63, 3.8) is 0 Å². The predicted molar refractivity (Wildman–Crippen MR) is 65.0 cm³/mol. The largest absolute Gasteiger partial charge is 0.299 e. The summed E-state index contributed by atoms with van der Waals surface area (Å²) in [5, 5.41) is 0.561. The Morgan fingerprint density at radius 3 is 2.60 bits per heavy atom. The summed E-state index contributed by atoms with van der Waals surface area (Å²) in [6, 6.07) is 3.89. The van der Waals surface area contributed by atoms with Crippen LogP contribution in [0.4, 0.5) is 0 Å². The third kappa shape index (κ3) is 4.63. The molecule has 0 aliphatic heterocycles. The van der Waals surface area contributed by atoms with Crippen LogP contribution in [-0.4, -0.2) is 23.0 Å². The third-order valence-electron chi connectivity index (χ3n) is 2.27. The monoisotopic (exact) mass is 226 g/mol. The first-order chi connectivity index (χ1) is 7.11. The Kier molecular flexibility index (Phi) is 5.06. The highest BCUT2D eigenvalue weighted by Crippen LogP contribution is 2.09. The molecule has 0 saturated carbocycles. The second-order valence-electron chi connectivity index (χ2n) is 4.21. The van der Waals surface area contributed by atoms with Crippen LogP contribution in [0.3, 0.4) is 0 Å². The number of hydrogen-bond acceptors (Lipinski definition) is 2. The van der Waals surface area contributed by atoms with Crippen LogP contribution < -0.4 is 0 Å². The van der Waals surface area contributed by atoms with Crippen LogP contribution in [0, 0.1) is 5.92 Å². The van der Waals surface area contributed by atoms with Crippen LogP contribution in [-0.2, 0) is 6.54 Å². The predicted octanol–water partition coefficient (Wildman–Crippen LogP) is 3.21. The standard InChI is InChI=1S/C12H19ClN2/c1-4-15(8-10(2)3)9-11-5-6-12(13)14-7-11/h5-7,10H,4,8-9H2,1-3H3. The van der Waals surface area contributed by atoms with Crippen molar-refractivity contribution >= 4 is 11.6 Å². The molecule has 0 radical (unpaired) electrons. The second kappa shape index (κ2) is 6.09. The summed E-state index contributed by atoms with van der Waals surface area (Å²) in [5.74, 6) is 0.699. The highest BCUT2D eigenvalue weighted by Gasteiger charge is 2.05. The summed E-state index contributed by atoms with van der Waals surface area (Å²) in [6.45, 7) is 9.82. The Hall–Kier alpha value is -0.600. The van der Waals surface area contributed by atoms with E-state index < -0.39 is 0 Å². The van der Waals surface area contributed by atoms with Gasteiger partial charge in [0.15, 0.2) is 0 Å². The molecular formula is C12H19ClN2. The molecular weight excluding hydrogens is 208 g/mol. The Morgan fingerprint density at radius 2 is 2.13 bits per heavy atom. The quantitative estimate of drug-likeness (QED) is 0.717. The van der Waals surface area contributed by atoms with Crippen LogP contribution in [0.5, 0.6) is 0 Å². The summed E-state index contributed by atoms with van der Waals surface area (Å²) in [6.07, 6.45) is 1.85. The van der Waals surface area contributed by atoms with E-state index in [9.17, 15) is 0 Å². The molecule has 0 bridgehead atoms. The molecule has 84 valence electrons. The maximum atomic E-state index is 5.74. The van der Waals surface area contributed by atoms with Gasteiger partial charge in [-0.25, -0.2) is 4.98 Å². The number of aromatic nitrogens is 1. The van der Waals surface area contributed by atoms with E-state index in [1.807, 2.05) is 18.3 Å². The second-order valence-corrected chi connectivity index (χ2v) is 4.60. The van der Waals surface area contributed by atoms with Crippen molar-refractivity contribution < 1.29 is 0 Å². The van der Waals surface area contributed by atoms with Crippen molar-refractivity contribution in [3.8, 4) is 0 Å². The lowest BCUT2D eigenvalue weighted by atomic mass is 10.2. The first kappa shape index (κ1) is 12.5. The van der Waals surface area contributed by atoms with Gasteiger partial charge in [-0.05, 0) is 24.1 Å². The topological polar surface area (TPSA) is 16.1 Å². The fraction of sp³-hybridized carbons (Fsp3) is 0.583. The molecule has 1 aromatic heterocycles. The van der Waals surface area contributed by atoms with E-state index in [0.717, 1.165) is 19.6 Å². The minimum absolute atomic E-state index is 0.561. The van der Waals surface area contributed by atoms with Crippen molar-refractivity contribution in [2.24, 2.45) is 5.92 Å². The molecule has 0 unspecified atom stereocenters. The molecule has 0 aliphatic rings. The maximum absolute atomic E-state index is 5.74. The molecule has 3 heteroatoms. The van der Waals surface area contributed by atoms with Gasteiger partial charge in [0.05, 0.1) is 0 Å². The van der Waals surface area contributed by atoms with Gasteiger partial charge in [0, 0.05) is 19.3 Å². The molecule has 1 rings (SSSR count). The van der Waals surface area contributed by atoms with Crippen molar-refractivity contribution in [2.45, 2.75) is 27.3 Å². The lowest BCUT2D eigenvalue weighted by molar-refractivity contribution is 0.248. The molecule has 0 fully saturated rings. The van der Waals surface area contributed by atoms with Gasteiger partial charge < -0.3 is 0 Å². The number of rotatable bonds is 5. The smallest absolute Gasteiger partial charge is 0.129 e. The highest BCUT2D eigenvalue weighted by atomic mass is 35.5. The van der Waals surface area contributed by atoms with Gasteiger partial charge in [0.25, 0.3) is 0 Å². The van der Waals surface area contributed by atoms with E-state index in [-0.39, 0.29) is 0 Å². The summed E-state index contributed by atoms with van der Waals surface area (Å²) < 4.78 is 0. The van der Waals surface area contributed by atoms with Gasteiger partial charge in [-0.3, -0.25) is 4.90 Å². The summed E-state index contributed by atoms with van der Waals surface area (Å²) in [4.78, 5) is 6.50. The number of pyridine rings is 1. The van der Waals surface area contributed by atoms with Gasteiger partial charge in [-0.1, -0.05) is 38.4 Å². The maximum Gasteiger partial charge on any atom is 0.129 e. The Balaban J connectivity index is 2.54. The summed E-state index contributed by atoms with van der Waals surface area (Å²) >= 11 is 5.74. The normalized spacial score (nSPS) is 11.3. The molecule has 1 aromatic rings. The van der Waals surface area contributed by atoms with Crippen molar-refractivity contribution in [1.82, 2.24) is 9.88 Å². The zero-order chi connectivity index (χ0) is 11.3. The summed E-state index contributed by atoms with van der Waals surface area (Å²) in [7, 11) is 0. The average molecular weight is 227 g/mol.